The Balaban J connectivity index is 2.26. The maximum atomic E-state index is 11.2. The Morgan fingerprint density at radius 3 is 2.61 bits per heavy atom. The average Bonchev–Trinajstić information content (AvgIpc) is 2.96. The van der Waals surface area contributed by atoms with Gasteiger partial charge in [0.1, 0.15) is 11.5 Å². The number of carbonyl (C=O) groups is 1. The van der Waals surface area contributed by atoms with Crippen LogP contribution in [-0.2, 0) is 4.74 Å². The number of aliphatic hydroxyl groups is 1. The number of esters is 1. The minimum absolute atomic E-state index is 0.0243. The molecule has 1 unspecified atom stereocenters. The highest BCUT2D eigenvalue weighted by Gasteiger charge is 2.22. The van der Waals surface area contributed by atoms with E-state index in [1.54, 1.807) is 6.07 Å². The number of furan rings is 2. The first-order valence-corrected chi connectivity index (χ1v) is 6.42. The van der Waals surface area contributed by atoms with Gasteiger partial charge in [0.05, 0.1) is 11.6 Å². The van der Waals surface area contributed by atoms with Gasteiger partial charge in [0.2, 0.25) is 5.76 Å². The third kappa shape index (κ3) is 2.52. The molecule has 0 amide bonds. The molecular formula is C11H8Br2O5. The van der Waals surface area contributed by atoms with Gasteiger partial charge in [-0.15, -0.1) is 0 Å². The second-order valence-corrected chi connectivity index (χ2v) is 4.94. The number of carbonyl (C=O) groups excluding carboxylic acids is 1. The minimum atomic E-state index is -1.09. The molecule has 0 radical (unpaired) electrons. The van der Waals surface area contributed by atoms with E-state index >= 15 is 0 Å². The Bertz CT molecular complexity index is 552. The van der Waals surface area contributed by atoms with Crippen LogP contribution in [0, 0.1) is 0 Å². The van der Waals surface area contributed by atoms with Crippen LogP contribution in [0.25, 0.3) is 0 Å². The summed E-state index contributed by atoms with van der Waals surface area (Å²) in [5.41, 5.74) is 0. The van der Waals surface area contributed by atoms with Crippen LogP contribution in [-0.4, -0.2) is 18.2 Å². The van der Waals surface area contributed by atoms with Crippen molar-refractivity contribution in [2.45, 2.75) is 6.10 Å². The van der Waals surface area contributed by atoms with Gasteiger partial charge in [-0.05, 0) is 50.1 Å². The highest BCUT2D eigenvalue weighted by molar-refractivity contribution is 9.13. The Morgan fingerprint density at radius 2 is 2.06 bits per heavy atom. The molecule has 2 aromatic heterocycles. The lowest BCUT2D eigenvalue weighted by atomic mass is 10.2. The van der Waals surface area contributed by atoms with Crippen molar-refractivity contribution in [3.8, 4) is 0 Å². The molecule has 0 aliphatic rings. The normalized spacial score (nSPS) is 12.4. The largest absolute Gasteiger partial charge is 0.463 e. The molecule has 0 bridgehead atoms. The van der Waals surface area contributed by atoms with Gasteiger partial charge in [0.15, 0.2) is 10.8 Å². The van der Waals surface area contributed by atoms with Crippen LogP contribution in [0.2, 0.25) is 0 Å². The first-order chi connectivity index (χ1) is 8.52. The predicted molar refractivity (Wildman–Crippen MR) is 68.2 cm³/mol. The van der Waals surface area contributed by atoms with E-state index in [0.29, 0.717) is 14.9 Å². The molecule has 5 nitrogen and oxygen atoms in total. The first kappa shape index (κ1) is 13.4. The second kappa shape index (κ2) is 5.29. The number of hydrogen-bond donors (Lipinski definition) is 1. The number of ether oxygens (including phenoxy) is 1. The predicted octanol–water partition coefficient (Wildman–Crippen LogP) is 3.27. The molecule has 0 saturated carbocycles. The molecule has 2 rings (SSSR count). The van der Waals surface area contributed by atoms with Gasteiger partial charge in [0, 0.05) is 0 Å². The second-order valence-electron chi connectivity index (χ2n) is 3.37. The molecule has 96 valence electrons. The summed E-state index contributed by atoms with van der Waals surface area (Å²) < 4.78 is 16.1. The van der Waals surface area contributed by atoms with Crippen molar-refractivity contribution in [2.24, 2.45) is 0 Å². The molecule has 0 aromatic carbocycles. The van der Waals surface area contributed by atoms with E-state index in [1.807, 2.05) is 0 Å². The summed E-state index contributed by atoms with van der Waals surface area (Å²) in [6, 6.07) is 4.52. The summed E-state index contributed by atoms with van der Waals surface area (Å²) in [7, 11) is 1.25. The molecule has 18 heavy (non-hydrogen) atoms. The monoisotopic (exact) mass is 378 g/mol. The molecule has 0 aliphatic carbocycles. The lowest BCUT2D eigenvalue weighted by Crippen LogP contribution is -1.99. The smallest absolute Gasteiger partial charge is 0.373 e. The Hall–Kier alpha value is -1.05. The zero-order valence-corrected chi connectivity index (χ0v) is 12.3. The molecule has 0 aliphatic heterocycles. The molecule has 0 spiro atoms. The quantitative estimate of drug-likeness (QED) is 0.828. The molecule has 2 aromatic rings. The number of hydrogen-bond acceptors (Lipinski definition) is 5. The van der Waals surface area contributed by atoms with Crippen molar-refractivity contribution in [3.63, 3.8) is 0 Å². The van der Waals surface area contributed by atoms with Crippen molar-refractivity contribution >= 4 is 37.8 Å². The first-order valence-electron chi connectivity index (χ1n) is 4.83. The summed E-state index contributed by atoms with van der Waals surface area (Å²) in [6.07, 6.45) is -1.09. The topological polar surface area (TPSA) is 72.8 Å². The van der Waals surface area contributed by atoms with Crippen LogP contribution < -0.4 is 0 Å². The molecule has 0 saturated heterocycles. The van der Waals surface area contributed by atoms with Gasteiger partial charge < -0.3 is 18.7 Å². The standard InChI is InChI=1S/C11H8Br2O5/c1-16-11(15)7-3-2-6(17-7)9(14)8-4-5(12)10(13)18-8/h2-4,9,14H,1H3. The zero-order valence-electron chi connectivity index (χ0n) is 9.15. The Labute approximate surface area is 119 Å². The highest BCUT2D eigenvalue weighted by Crippen LogP contribution is 2.33. The van der Waals surface area contributed by atoms with Crippen LogP contribution in [0.3, 0.4) is 0 Å². The van der Waals surface area contributed by atoms with Gasteiger partial charge in [-0.1, -0.05) is 0 Å². The lowest BCUT2D eigenvalue weighted by Gasteiger charge is -2.03. The van der Waals surface area contributed by atoms with Gasteiger partial charge >= 0.3 is 5.97 Å². The summed E-state index contributed by atoms with van der Waals surface area (Å²) >= 11 is 6.41. The fourth-order valence-electron chi connectivity index (χ4n) is 1.35. The van der Waals surface area contributed by atoms with Crippen LogP contribution in [0.4, 0.5) is 0 Å². The van der Waals surface area contributed by atoms with Crippen molar-refractivity contribution in [1.82, 2.24) is 0 Å². The maximum absolute atomic E-state index is 11.2. The van der Waals surface area contributed by atoms with Gasteiger partial charge in [-0.2, -0.15) is 0 Å². The van der Waals surface area contributed by atoms with E-state index in [-0.39, 0.29) is 11.5 Å². The maximum Gasteiger partial charge on any atom is 0.373 e. The fraction of sp³-hybridized carbons (Fsp3) is 0.182. The molecule has 7 heteroatoms. The third-order valence-electron chi connectivity index (χ3n) is 2.22. The van der Waals surface area contributed by atoms with E-state index in [2.05, 4.69) is 36.6 Å². The minimum Gasteiger partial charge on any atom is -0.463 e. The van der Waals surface area contributed by atoms with Crippen molar-refractivity contribution in [3.05, 3.63) is 44.6 Å². The SMILES string of the molecule is COC(=O)c1ccc(C(O)c2cc(Br)c(Br)o2)o1. The van der Waals surface area contributed by atoms with E-state index in [1.165, 1.54) is 19.2 Å². The Morgan fingerprint density at radius 1 is 1.33 bits per heavy atom. The summed E-state index contributed by atoms with van der Waals surface area (Å²) in [6.45, 7) is 0. The molecule has 2 heterocycles. The van der Waals surface area contributed by atoms with Gasteiger partial charge in [-0.3, -0.25) is 0 Å². The van der Waals surface area contributed by atoms with Crippen molar-refractivity contribution < 1.29 is 23.5 Å². The van der Waals surface area contributed by atoms with E-state index < -0.39 is 12.1 Å². The van der Waals surface area contributed by atoms with E-state index in [4.69, 9.17) is 8.83 Å². The number of rotatable bonds is 3. The molecular weight excluding hydrogens is 372 g/mol. The number of aliphatic hydroxyl groups excluding tert-OH is 1. The van der Waals surface area contributed by atoms with Crippen molar-refractivity contribution in [1.29, 1.82) is 0 Å². The molecule has 1 N–H and O–H groups in total. The summed E-state index contributed by atoms with van der Waals surface area (Å²) in [5, 5.41) is 10.0. The van der Waals surface area contributed by atoms with Crippen LogP contribution in [0.15, 0.2) is 36.2 Å². The fourth-order valence-corrected chi connectivity index (χ4v) is 1.96. The van der Waals surface area contributed by atoms with E-state index in [0.717, 1.165) is 0 Å². The highest BCUT2D eigenvalue weighted by atomic mass is 79.9. The summed E-state index contributed by atoms with van der Waals surface area (Å²) in [5.74, 6) is -0.0878. The summed E-state index contributed by atoms with van der Waals surface area (Å²) in [4.78, 5) is 11.2. The lowest BCUT2D eigenvalue weighted by molar-refractivity contribution is 0.0556. The van der Waals surface area contributed by atoms with Gasteiger partial charge in [0.25, 0.3) is 0 Å². The van der Waals surface area contributed by atoms with Gasteiger partial charge in [-0.25, -0.2) is 4.79 Å². The molecule has 1 atom stereocenters. The number of halogens is 2. The van der Waals surface area contributed by atoms with Crippen LogP contribution in [0.1, 0.15) is 28.2 Å². The number of methoxy groups -OCH3 is 1. The van der Waals surface area contributed by atoms with Crippen molar-refractivity contribution in [2.75, 3.05) is 7.11 Å². The van der Waals surface area contributed by atoms with Crippen LogP contribution >= 0.6 is 31.9 Å². The average molecular weight is 380 g/mol. The molecule has 0 fully saturated rings. The third-order valence-corrected chi connectivity index (χ3v) is 3.93. The Kier molecular flexibility index (Phi) is 3.94. The zero-order chi connectivity index (χ0) is 13.3. The van der Waals surface area contributed by atoms with Crippen LogP contribution in [0.5, 0.6) is 0 Å². The van der Waals surface area contributed by atoms with E-state index in [9.17, 15) is 9.90 Å².